The fraction of sp³-hybridized carbons (Fsp3) is 0.727. The molecule has 0 aliphatic heterocycles. The number of carbonyl (C=O) groups is 2. The zero-order valence-electron chi connectivity index (χ0n) is 17.5. The maximum atomic E-state index is 13.2. The molecule has 3 aliphatic rings. The Bertz CT molecular complexity index is 700. The second-order valence-corrected chi connectivity index (χ2v) is 15.5. The van der Waals surface area contributed by atoms with Crippen molar-refractivity contribution in [1.29, 1.82) is 0 Å². The average Bonchev–Trinajstić information content (AvgIpc) is 2.77. The lowest BCUT2D eigenvalue weighted by Gasteiger charge is -2.42. The van der Waals surface area contributed by atoms with Crippen LogP contribution in [0.4, 0.5) is 0 Å². The van der Waals surface area contributed by atoms with Gasteiger partial charge in [-0.1, -0.05) is 46.0 Å². The number of rotatable bonds is 2. The molecule has 1 fully saturated rings. The number of Topliss-reactive ketones (excluding diaryl/α,β-unsaturated/α-hetero) is 1. The molecule has 0 radical (unpaired) electrons. The first-order valence-electron chi connectivity index (χ1n) is 10.1. The Hall–Kier alpha value is -1.16. The summed E-state index contributed by atoms with van der Waals surface area (Å²) in [4.78, 5) is 24.9. The van der Waals surface area contributed by atoms with Gasteiger partial charge in [0.1, 0.15) is 0 Å². The third-order valence-electron chi connectivity index (χ3n) is 6.54. The Labute approximate surface area is 159 Å². The highest BCUT2D eigenvalue weighted by atomic mass is 28.3. The van der Waals surface area contributed by atoms with Crippen molar-refractivity contribution >= 4 is 19.8 Å². The van der Waals surface area contributed by atoms with E-state index in [4.69, 9.17) is 4.74 Å². The molecular weight excluding hydrogens is 340 g/mol. The van der Waals surface area contributed by atoms with E-state index < -0.39 is 14.2 Å². The molecule has 0 bridgehead atoms. The van der Waals surface area contributed by atoms with Crippen LogP contribution in [0.3, 0.4) is 0 Å². The Kier molecular flexibility index (Phi) is 4.88. The van der Waals surface area contributed by atoms with Gasteiger partial charge in [-0.15, -0.1) is 0 Å². The van der Waals surface area contributed by atoms with Crippen LogP contribution in [0.15, 0.2) is 21.9 Å². The third-order valence-corrected chi connectivity index (χ3v) is 8.59. The van der Waals surface area contributed by atoms with Crippen LogP contribution in [0.2, 0.25) is 19.6 Å². The first kappa shape index (κ1) is 19.6. The maximum Gasteiger partial charge on any atom is 0.303 e. The minimum atomic E-state index is -1.78. The van der Waals surface area contributed by atoms with Crippen LogP contribution in [-0.2, 0) is 14.3 Å². The van der Waals surface area contributed by atoms with Crippen LogP contribution in [0.25, 0.3) is 0 Å². The number of ketones is 1. The monoisotopic (exact) mass is 374 g/mol. The number of ether oxygens (including phenoxy) is 1. The first-order valence-corrected chi connectivity index (χ1v) is 13.6. The summed E-state index contributed by atoms with van der Waals surface area (Å²) in [6.45, 7) is 15.1. The predicted octanol–water partition coefficient (Wildman–Crippen LogP) is 5.23. The van der Waals surface area contributed by atoms with Gasteiger partial charge in [0.05, 0.1) is 8.07 Å². The van der Waals surface area contributed by atoms with Crippen LogP contribution < -0.4 is 0 Å². The van der Waals surface area contributed by atoms with Gasteiger partial charge in [0, 0.05) is 12.5 Å². The lowest BCUT2D eigenvalue weighted by Crippen LogP contribution is -2.34. The van der Waals surface area contributed by atoms with E-state index >= 15 is 0 Å². The van der Waals surface area contributed by atoms with Crippen molar-refractivity contribution in [3.8, 4) is 0 Å². The molecule has 3 aliphatic carbocycles. The summed E-state index contributed by atoms with van der Waals surface area (Å²) >= 11 is 0. The van der Waals surface area contributed by atoms with E-state index in [0.717, 1.165) is 35.9 Å². The van der Waals surface area contributed by atoms with E-state index in [1.807, 2.05) is 0 Å². The Morgan fingerprint density at radius 2 is 1.77 bits per heavy atom. The minimum absolute atomic E-state index is 0.0791. The SMILES string of the molecule is CC(=O)OC1C(=O)C([Si](C)(C)C)=C2CC[C@H]3C[C@@H](C(C)(C)C)CCC3=C21. The summed E-state index contributed by atoms with van der Waals surface area (Å²) in [5.74, 6) is 1.01. The van der Waals surface area contributed by atoms with Gasteiger partial charge in [-0.2, -0.15) is 0 Å². The number of carbonyl (C=O) groups excluding carboxylic acids is 2. The van der Waals surface area contributed by atoms with Gasteiger partial charge in [-0.3, -0.25) is 9.59 Å². The molecule has 0 saturated heterocycles. The molecule has 1 unspecified atom stereocenters. The van der Waals surface area contributed by atoms with Crippen molar-refractivity contribution in [1.82, 2.24) is 0 Å². The van der Waals surface area contributed by atoms with E-state index in [0.29, 0.717) is 11.3 Å². The van der Waals surface area contributed by atoms with Crippen molar-refractivity contribution in [2.45, 2.75) is 85.5 Å². The van der Waals surface area contributed by atoms with Gasteiger partial charge in [-0.05, 0) is 60.1 Å². The summed E-state index contributed by atoms with van der Waals surface area (Å²) in [5, 5.41) is 1.03. The zero-order valence-corrected chi connectivity index (χ0v) is 18.5. The quantitative estimate of drug-likeness (QED) is 0.491. The maximum absolute atomic E-state index is 13.2. The molecule has 3 rings (SSSR count). The van der Waals surface area contributed by atoms with Gasteiger partial charge in [0.15, 0.2) is 11.9 Å². The topological polar surface area (TPSA) is 43.4 Å². The average molecular weight is 375 g/mol. The predicted molar refractivity (Wildman–Crippen MR) is 107 cm³/mol. The highest BCUT2D eigenvalue weighted by Crippen LogP contribution is 2.52. The minimum Gasteiger partial charge on any atom is -0.449 e. The second kappa shape index (κ2) is 6.47. The molecule has 26 heavy (non-hydrogen) atoms. The second-order valence-electron chi connectivity index (χ2n) is 10.5. The van der Waals surface area contributed by atoms with Crippen molar-refractivity contribution in [3.63, 3.8) is 0 Å². The van der Waals surface area contributed by atoms with Crippen LogP contribution in [-0.4, -0.2) is 25.9 Å². The number of fused-ring (bicyclic) bond motifs is 2. The molecular formula is C22H34O3Si. The first-order chi connectivity index (χ1) is 11.9. The molecule has 3 nitrogen and oxygen atoms in total. The van der Waals surface area contributed by atoms with E-state index in [2.05, 4.69) is 40.4 Å². The van der Waals surface area contributed by atoms with Crippen molar-refractivity contribution < 1.29 is 14.3 Å². The molecule has 0 aromatic carbocycles. The molecule has 0 spiro atoms. The number of hydrogen-bond acceptors (Lipinski definition) is 3. The molecule has 4 heteroatoms. The Morgan fingerprint density at radius 1 is 1.12 bits per heavy atom. The van der Waals surface area contributed by atoms with Crippen LogP contribution in [0, 0.1) is 17.3 Å². The standard InChI is InChI=1S/C22H34O3Si/c1-13(23)25-20-18-16-11-9-15(22(2,3)4)12-14(16)8-10-17(18)21(19(20)24)26(5,6)7/h14-15,20H,8-12H2,1-7H3/t14-,15-,20?/m0/s1. The van der Waals surface area contributed by atoms with Crippen molar-refractivity contribution in [2.75, 3.05) is 0 Å². The molecule has 3 atom stereocenters. The molecule has 1 saturated carbocycles. The summed E-state index contributed by atoms with van der Waals surface area (Å²) in [6.07, 6.45) is 4.90. The smallest absolute Gasteiger partial charge is 0.303 e. The zero-order chi connectivity index (χ0) is 19.4. The summed E-state index contributed by atoms with van der Waals surface area (Å²) in [6, 6.07) is 0. The van der Waals surface area contributed by atoms with E-state index in [1.165, 1.54) is 30.9 Å². The molecule has 144 valence electrons. The highest BCUT2D eigenvalue weighted by Gasteiger charge is 2.49. The third kappa shape index (κ3) is 3.37. The highest BCUT2D eigenvalue weighted by molar-refractivity contribution is 6.88. The largest absolute Gasteiger partial charge is 0.449 e. The number of esters is 1. The van der Waals surface area contributed by atoms with Gasteiger partial charge >= 0.3 is 5.97 Å². The molecule has 0 amide bonds. The van der Waals surface area contributed by atoms with E-state index in [9.17, 15) is 9.59 Å². The van der Waals surface area contributed by atoms with Crippen molar-refractivity contribution in [3.05, 3.63) is 21.9 Å². The summed E-state index contributed by atoms with van der Waals surface area (Å²) in [7, 11) is -1.78. The van der Waals surface area contributed by atoms with Gasteiger partial charge in [-0.25, -0.2) is 0 Å². The van der Waals surface area contributed by atoms with Gasteiger partial charge in [0.2, 0.25) is 0 Å². The fourth-order valence-corrected chi connectivity index (χ4v) is 7.35. The van der Waals surface area contributed by atoms with E-state index in [1.54, 1.807) is 0 Å². The Morgan fingerprint density at radius 3 is 2.31 bits per heavy atom. The van der Waals surface area contributed by atoms with E-state index in [-0.39, 0.29) is 11.8 Å². The lowest BCUT2D eigenvalue weighted by molar-refractivity contribution is -0.148. The summed E-state index contributed by atoms with van der Waals surface area (Å²) in [5.41, 5.74) is 4.13. The molecule has 0 heterocycles. The number of allylic oxidation sites excluding steroid dienone is 1. The van der Waals surface area contributed by atoms with Gasteiger partial charge in [0.25, 0.3) is 0 Å². The van der Waals surface area contributed by atoms with Gasteiger partial charge < -0.3 is 4.74 Å². The molecule has 0 aromatic heterocycles. The van der Waals surface area contributed by atoms with Crippen LogP contribution in [0.5, 0.6) is 0 Å². The summed E-state index contributed by atoms with van der Waals surface area (Å²) < 4.78 is 5.60. The number of hydrogen-bond donors (Lipinski definition) is 0. The molecule has 0 N–H and O–H groups in total. The lowest BCUT2D eigenvalue weighted by atomic mass is 9.63. The fourth-order valence-electron chi connectivity index (χ4n) is 5.32. The molecule has 0 aromatic rings. The van der Waals surface area contributed by atoms with Crippen molar-refractivity contribution in [2.24, 2.45) is 17.3 Å². The normalized spacial score (nSPS) is 29.7. The Balaban J connectivity index is 2.06. The van der Waals surface area contributed by atoms with Crippen LogP contribution >= 0.6 is 0 Å². The van der Waals surface area contributed by atoms with Crippen LogP contribution in [0.1, 0.15) is 59.8 Å².